The van der Waals surface area contributed by atoms with Gasteiger partial charge in [0, 0.05) is 0 Å². The lowest BCUT2D eigenvalue weighted by Gasteiger charge is -2.55. The Bertz CT molecular complexity index is 297. The molecular weight excluding hydrogens is 170 g/mol. The molecule has 0 aromatic carbocycles. The van der Waals surface area contributed by atoms with Gasteiger partial charge in [-0.25, -0.2) is 0 Å². The average Bonchev–Trinajstić information content (AvgIpc) is 2.89. The number of rotatable bonds is 0. The third kappa shape index (κ3) is 0.700. The van der Waals surface area contributed by atoms with Gasteiger partial charge in [0.25, 0.3) is 0 Å². The molecule has 0 amide bonds. The van der Waals surface area contributed by atoms with Gasteiger partial charge >= 0.3 is 0 Å². The van der Waals surface area contributed by atoms with Crippen LogP contribution < -0.4 is 0 Å². The maximum absolute atomic E-state index is 9.11. The molecule has 1 nitrogen and oxygen atoms in total. The minimum atomic E-state index is 0.456. The van der Waals surface area contributed by atoms with Gasteiger partial charge in [0.15, 0.2) is 0 Å². The molecule has 1 heteroatoms. The van der Waals surface area contributed by atoms with Crippen LogP contribution in [-0.4, -0.2) is 0 Å². The number of nitriles is 1. The first-order valence-electron chi connectivity index (χ1n) is 6.22. The van der Waals surface area contributed by atoms with Crippen LogP contribution in [-0.2, 0) is 0 Å². The largest absolute Gasteiger partial charge is 0.198 e. The van der Waals surface area contributed by atoms with Crippen molar-refractivity contribution in [3.63, 3.8) is 0 Å². The quantitative estimate of drug-likeness (QED) is 0.572. The lowest BCUT2D eigenvalue weighted by atomic mass is 9.49. The predicted molar refractivity (Wildman–Crippen MR) is 53.2 cm³/mol. The van der Waals surface area contributed by atoms with E-state index in [1.807, 2.05) is 0 Å². The molecule has 5 aliphatic rings. The molecule has 5 saturated carbocycles. The van der Waals surface area contributed by atoms with Crippen molar-refractivity contribution in [2.24, 2.45) is 35.0 Å². The minimum Gasteiger partial charge on any atom is -0.198 e. The molecule has 0 aliphatic heterocycles. The minimum absolute atomic E-state index is 0.456. The van der Waals surface area contributed by atoms with Gasteiger partial charge in [-0.05, 0) is 67.6 Å². The molecule has 1 spiro atoms. The third-order valence-corrected chi connectivity index (χ3v) is 5.86. The van der Waals surface area contributed by atoms with Gasteiger partial charge in [0.2, 0.25) is 0 Å². The van der Waals surface area contributed by atoms with E-state index in [1.54, 1.807) is 0 Å². The van der Waals surface area contributed by atoms with E-state index in [1.165, 1.54) is 38.5 Å². The summed E-state index contributed by atoms with van der Waals surface area (Å²) < 4.78 is 0. The maximum atomic E-state index is 9.11. The molecule has 0 N–H and O–H groups in total. The summed E-state index contributed by atoms with van der Waals surface area (Å²) >= 11 is 0. The first-order chi connectivity index (χ1) is 6.83. The molecule has 0 heterocycles. The Balaban J connectivity index is 1.73. The molecule has 4 bridgehead atoms. The first kappa shape index (κ1) is 7.74. The number of nitrogens with zero attached hydrogens (tertiary/aromatic N) is 1. The highest BCUT2D eigenvalue weighted by Gasteiger charge is 2.68. The summed E-state index contributed by atoms with van der Waals surface area (Å²) in [5.41, 5.74) is 0.558. The third-order valence-electron chi connectivity index (χ3n) is 5.86. The van der Waals surface area contributed by atoms with E-state index < -0.39 is 0 Å². The second-order valence-corrected chi connectivity index (χ2v) is 6.30. The first-order valence-corrected chi connectivity index (χ1v) is 6.22. The van der Waals surface area contributed by atoms with Crippen LogP contribution in [0.4, 0.5) is 0 Å². The second kappa shape index (κ2) is 2.18. The summed E-state index contributed by atoms with van der Waals surface area (Å²) in [5, 5.41) is 9.11. The molecular formula is C13H17N. The zero-order valence-corrected chi connectivity index (χ0v) is 8.58. The van der Waals surface area contributed by atoms with Gasteiger partial charge in [-0.3, -0.25) is 0 Å². The Labute approximate surface area is 85.5 Å². The van der Waals surface area contributed by atoms with Crippen molar-refractivity contribution in [2.45, 2.75) is 38.5 Å². The van der Waals surface area contributed by atoms with Gasteiger partial charge in [-0.15, -0.1) is 0 Å². The average molecular weight is 187 g/mol. The fourth-order valence-corrected chi connectivity index (χ4v) is 5.42. The molecule has 5 rings (SSSR count). The summed E-state index contributed by atoms with van der Waals surface area (Å²) in [6, 6.07) is 2.56. The number of hydrogen-bond acceptors (Lipinski definition) is 1. The van der Waals surface area contributed by atoms with Crippen molar-refractivity contribution in [1.29, 1.82) is 5.26 Å². The van der Waals surface area contributed by atoms with Crippen molar-refractivity contribution >= 4 is 0 Å². The highest BCUT2D eigenvalue weighted by atomic mass is 14.7. The Morgan fingerprint density at radius 1 is 0.929 bits per heavy atom. The Morgan fingerprint density at radius 3 is 1.93 bits per heavy atom. The lowest BCUT2D eigenvalue weighted by Crippen LogP contribution is -2.47. The summed E-state index contributed by atoms with van der Waals surface area (Å²) in [5.74, 6) is 4.50. The molecule has 0 radical (unpaired) electrons. The predicted octanol–water partition coefficient (Wildman–Crippen LogP) is 2.97. The van der Waals surface area contributed by atoms with Crippen molar-refractivity contribution < 1.29 is 0 Å². The SMILES string of the molecule is N#CC1CC12C1CC3CC(C1)CC2C3. The zero-order valence-electron chi connectivity index (χ0n) is 8.58. The maximum Gasteiger partial charge on any atom is 0.0662 e. The Hall–Kier alpha value is -0.510. The molecule has 14 heavy (non-hydrogen) atoms. The van der Waals surface area contributed by atoms with Crippen LogP contribution in [0.1, 0.15) is 38.5 Å². The van der Waals surface area contributed by atoms with Crippen LogP contribution in [0, 0.1) is 46.3 Å². The van der Waals surface area contributed by atoms with E-state index in [0.717, 1.165) is 23.7 Å². The molecule has 0 saturated heterocycles. The van der Waals surface area contributed by atoms with Crippen LogP contribution in [0.2, 0.25) is 0 Å². The van der Waals surface area contributed by atoms with Gasteiger partial charge in [-0.1, -0.05) is 0 Å². The van der Waals surface area contributed by atoms with E-state index in [-0.39, 0.29) is 0 Å². The highest BCUT2D eigenvalue weighted by molar-refractivity contribution is 5.22. The molecule has 0 aromatic rings. The standard InChI is InChI=1S/C13H17N/c14-7-12-6-13(12)10-2-8-1-9(4-10)5-11(13)3-8/h8-12H,1-6H2. The summed E-state index contributed by atoms with van der Waals surface area (Å²) in [7, 11) is 0. The molecule has 5 aliphatic carbocycles. The summed E-state index contributed by atoms with van der Waals surface area (Å²) in [6.07, 6.45) is 8.70. The fourth-order valence-electron chi connectivity index (χ4n) is 5.42. The van der Waals surface area contributed by atoms with Crippen LogP contribution in [0.3, 0.4) is 0 Å². The van der Waals surface area contributed by atoms with Gasteiger partial charge in [0.1, 0.15) is 0 Å². The lowest BCUT2D eigenvalue weighted by molar-refractivity contribution is -0.0565. The monoisotopic (exact) mass is 187 g/mol. The molecule has 5 fully saturated rings. The molecule has 1 atom stereocenters. The van der Waals surface area contributed by atoms with Crippen LogP contribution in [0.5, 0.6) is 0 Å². The van der Waals surface area contributed by atoms with Crippen molar-refractivity contribution in [2.75, 3.05) is 0 Å². The Morgan fingerprint density at radius 2 is 1.50 bits per heavy atom. The summed E-state index contributed by atoms with van der Waals surface area (Å²) in [6.45, 7) is 0. The van der Waals surface area contributed by atoms with E-state index in [0.29, 0.717) is 11.3 Å². The van der Waals surface area contributed by atoms with Crippen molar-refractivity contribution in [3.05, 3.63) is 0 Å². The highest BCUT2D eigenvalue weighted by Crippen LogP contribution is 2.74. The van der Waals surface area contributed by atoms with Crippen molar-refractivity contribution in [1.82, 2.24) is 0 Å². The normalized spacial score (nSPS) is 62.9. The van der Waals surface area contributed by atoms with E-state index in [9.17, 15) is 0 Å². The zero-order chi connectivity index (χ0) is 9.34. The van der Waals surface area contributed by atoms with Gasteiger partial charge in [-0.2, -0.15) is 5.26 Å². The smallest absolute Gasteiger partial charge is 0.0662 e. The van der Waals surface area contributed by atoms with Gasteiger partial charge in [0.05, 0.1) is 12.0 Å². The van der Waals surface area contributed by atoms with E-state index in [4.69, 9.17) is 5.26 Å². The van der Waals surface area contributed by atoms with E-state index >= 15 is 0 Å². The van der Waals surface area contributed by atoms with Crippen LogP contribution in [0.15, 0.2) is 0 Å². The number of hydrogen-bond donors (Lipinski definition) is 0. The van der Waals surface area contributed by atoms with Crippen molar-refractivity contribution in [3.8, 4) is 6.07 Å². The van der Waals surface area contributed by atoms with Crippen LogP contribution >= 0.6 is 0 Å². The summed E-state index contributed by atoms with van der Waals surface area (Å²) in [4.78, 5) is 0. The molecule has 74 valence electrons. The topological polar surface area (TPSA) is 23.8 Å². The molecule has 0 aromatic heterocycles. The van der Waals surface area contributed by atoms with Gasteiger partial charge < -0.3 is 0 Å². The van der Waals surface area contributed by atoms with Crippen LogP contribution in [0.25, 0.3) is 0 Å². The Kier molecular flexibility index (Phi) is 1.21. The fraction of sp³-hybridized carbons (Fsp3) is 0.923. The second-order valence-electron chi connectivity index (χ2n) is 6.30. The molecule has 1 unspecified atom stereocenters. The van der Waals surface area contributed by atoms with E-state index in [2.05, 4.69) is 6.07 Å².